The largest absolute Gasteiger partial charge is 0.528 e. The second-order valence-electron chi connectivity index (χ2n) is 2.26. The molecule has 0 aromatic rings. The minimum Gasteiger partial charge on any atom is -0.478 e. The first-order valence-electron chi connectivity index (χ1n) is 4.16. The molecule has 5 nitrogen and oxygen atoms in total. The molecule has 0 fully saturated rings. The molecule has 0 amide bonds. The fourth-order valence-electron chi connectivity index (χ4n) is 0.643. The van der Waals surface area contributed by atoms with Crippen LogP contribution in [0.3, 0.4) is 0 Å². The lowest BCUT2D eigenvalue weighted by Gasteiger charge is -2.19. The van der Waals surface area contributed by atoms with E-state index in [1.54, 1.807) is 34.0 Å². The molecule has 0 saturated heterocycles. The molecule has 0 saturated carbocycles. The number of hydrogen-bond donors (Lipinski definition) is 1. The van der Waals surface area contributed by atoms with Crippen LogP contribution in [0, 0.1) is 0 Å². The molecule has 0 aromatic carbocycles. The van der Waals surface area contributed by atoms with E-state index >= 15 is 0 Å². The maximum atomic E-state index is 9.51. The summed E-state index contributed by atoms with van der Waals surface area (Å²) in [6, 6.07) is 0. The predicted molar refractivity (Wildman–Crippen MR) is 59.4 cm³/mol. The van der Waals surface area contributed by atoms with Crippen molar-refractivity contribution in [2.24, 2.45) is 0 Å². The minimum atomic E-state index is -2.43. The van der Waals surface area contributed by atoms with Crippen LogP contribution in [0.2, 0.25) is 0 Å². The van der Waals surface area contributed by atoms with Crippen molar-refractivity contribution in [1.82, 2.24) is 0 Å². The molecular weight excluding hydrogens is 216 g/mol. The van der Waals surface area contributed by atoms with Gasteiger partial charge in [-0.05, 0) is 12.6 Å². The average molecular weight is 234 g/mol. The summed E-state index contributed by atoms with van der Waals surface area (Å²) in [5.41, 5.74) is 1.58. The van der Waals surface area contributed by atoms with Crippen molar-refractivity contribution < 1.29 is 23.2 Å². The Morgan fingerprint density at radius 1 is 1.27 bits per heavy atom. The van der Waals surface area contributed by atoms with Crippen LogP contribution in [0.1, 0.15) is 6.92 Å². The van der Waals surface area contributed by atoms with Gasteiger partial charge in [-0.1, -0.05) is 12.7 Å². The zero-order valence-electron chi connectivity index (χ0n) is 9.52. The van der Waals surface area contributed by atoms with Crippen LogP contribution in [-0.4, -0.2) is 41.2 Å². The Bertz CT molecular complexity index is 202. The number of aliphatic carboxylic acids is 1. The van der Waals surface area contributed by atoms with Crippen molar-refractivity contribution >= 4 is 14.8 Å². The fourth-order valence-corrected chi connectivity index (χ4v) is 1.64. The first-order valence-corrected chi connectivity index (χ1v) is 5.96. The van der Waals surface area contributed by atoms with Gasteiger partial charge in [0.1, 0.15) is 0 Å². The van der Waals surface area contributed by atoms with Gasteiger partial charge in [0.25, 0.3) is 0 Å². The van der Waals surface area contributed by atoms with Gasteiger partial charge in [0.15, 0.2) is 0 Å². The summed E-state index contributed by atoms with van der Waals surface area (Å²) >= 11 is 0. The zero-order chi connectivity index (χ0) is 12.3. The molecule has 0 bridgehead atoms. The number of carboxylic acids is 1. The van der Waals surface area contributed by atoms with E-state index in [0.29, 0.717) is 0 Å². The first kappa shape index (κ1) is 16.5. The lowest BCUT2D eigenvalue weighted by molar-refractivity contribution is -0.131. The van der Waals surface area contributed by atoms with Gasteiger partial charge in [-0.25, -0.2) is 4.79 Å². The molecule has 0 aliphatic carbocycles. The third-order valence-corrected chi connectivity index (χ3v) is 3.62. The smallest absolute Gasteiger partial charge is 0.478 e. The summed E-state index contributed by atoms with van der Waals surface area (Å²) < 4.78 is 14.9. The normalized spacial score (nSPS) is 10.7. The van der Waals surface area contributed by atoms with E-state index in [-0.39, 0.29) is 0 Å². The van der Waals surface area contributed by atoms with Gasteiger partial charge in [0.2, 0.25) is 0 Å². The molecule has 0 rings (SSSR count). The van der Waals surface area contributed by atoms with Crippen LogP contribution in [0.5, 0.6) is 0 Å². The standard InChI is InChI=1S/C5H12O3Si.C4H6O2/c1-5-9(6-2,7-3)8-4;1-2-3-4(5)6/h5H,1H2,2-4H3;2-3H,1H3,(H,5,6). The summed E-state index contributed by atoms with van der Waals surface area (Å²) in [4.78, 5) is 9.51. The van der Waals surface area contributed by atoms with E-state index in [9.17, 15) is 4.79 Å². The molecular formula is C9H18O5Si. The van der Waals surface area contributed by atoms with Gasteiger partial charge in [-0.2, -0.15) is 0 Å². The average Bonchev–Trinajstić information content (AvgIpc) is 2.23. The third kappa shape index (κ3) is 8.07. The maximum absolute atomic E-state index is 9.51. The van der Waals surface area contributed by atoms with Crippen molar-refractivity contribution in [1.29, 1.82) is 0 Å². The molecule has 15 heavy (non-hydrogen) atoms. The highest BCUT2D eigenvalue weighted by Gasteiger charge is 2.33. The molecule has 6 heteroatoms. The van der Waals surface area contributed by atoms with Crippen LogP contribution >= 0.6 is 0 Å². The quantitative estimate of drug-likeness (QED) is 0.572. The molecule has 0 aromatic heterocycles. The fraction of sp³-hybridized carbons (Fsp3) is 0.444. The van der Waals surface area contributed by atoms with Crippen molar-refractivity contribution in [3.05, 3.63) is 24.4 Å². The molecule has 0 atom stereocenters. The summed E-state index contributed by atoms with van der Waals surface area (Å²) in [5, 5.41) is 7.83. The second-order valence-corrected chi connectivity index (χ2v) is 5.10. The molecule has 0 aliphatic heterocycles. The molecule has 0 radical (unpaired) electrons. The van der Waals surface area contributed by atoms with Gasteiger partial charge >= 0.3 is 14.8 Å². The molecule has 88 valence electrons. The summed E-state index contributed by atoms with van der Waals surface area (Å²) in [6.07, 6.45) is 2.56. The number of hydrogen-bond acceptors (Lipinski definition) is 4. The molecule has 1 N–H and O–H groups in total. The van der Waals surface area contributed by atoms with Gasteiger partial charge in [0.05, 0.1) is 0 Å². The summed E-state index contributed by atoms with van der Waals surface area (Å²) in [6.45, 7) is 5.19. The topological polar surface area (TPSA) is 65.0 Å². The van der Waals surface area contributed by atoms with E-state index in [2.05, 4.69) is 6.58 Å². The van der Waals surface area contributed by atoms with Gasteiger partial charge < -0.3 is 18.4 Å². The molecule has 0 aliphatic rings. The van der Waals surface area contributed by atoms with Gasteiger partial charge in [0, 0.05) is 27.4 Å². The summed E-state index contributed by atoms with van der Waals surface area (Å²) in [7, 11) is 2.20. The Morgan fingerprint density at radius 2 is 1.67 bits per heavy atom. The highest BCUT2D eigenvalue weighted by molar-refractivity contribution is 6.66. The highest BCUT2D eigenvalue weighted by atomic mass is 28.4. The van der Waals surface area contributed by atoms with Gasteiger partial charge in [-0.3, -0.25) is 0 Å². The predicted octanol–water partition coefficient (Wildman–Crippen LogP) is 1.24. The minimum absolute atomic E-state index is 0.891. The number of carbonyl (C=O) groups is 1. The van der Waals surface area contributed by atoms with E-state index in [4.69, 9.17) is 18.4 Å². The van der Waals surface area contributed by atoms with E-state index < -0.39 is 14.8 Å². The maximum Gasteiger partial charge on any atom is 0.528 e. The Morgan fingerprint density at radius 3 is 1.67 bits per heavy atom. The van der Waals surface area contributed by atoms with Crippen LogP contribution < -0.4 is 0 Å². The SMILES string of the molecule is C=C[Si](OC)(OC)OC.CC=CC(=O)O. The Hall–Kier alpha value is -0.953. The van der Waals surface area contributed by atoms with E-state index in [1.165, 1.54) is 6.08 Å². The molecule has 0 heterocycles. The van der Waals surface area contributed by atoms with Crippen LogP contribution in [0.15, 0.2) is 24.4 Å². The Kier molecular flexibility index (Phi) is 10.5. The van der Waals surface area contributed by atoms with Gasteiger partial charge in [-0.15, -0.1) is 0 Å². The molecule has 0 spiro atoms. The Labute approximate surface area is 91.3 Å². The lowest BCUT2D eigenvalue weighted by Crippen LogP contribution is -2.40. The molecule has 0 unspecified atom stereocenters. The number of rotatable bonds is 5. The highest BCUT2D eigenvalue weighted by Crippen LogP contribution is 2.04. The first-order chi connectivity index (χ1) is 7.01. The monoisotopic (exact) mass is 234 g/mol. The number of allylic oxidation sites excluding steroid dienone is 1. The number of carboxylic acid groups (broad SMARTS) is 1. The lowest BCUT2D eigenvalue weighted by atomic mass is 10.5. The summed E-state index contributed by atoms with van der Waals surface area (Å²) in [5.74, 6) is -0.891. The van der Waals surface area contributed by atoms with Crippen molar-refractivity contribution in [2.75, 3.05) is 21.3 Å². The van der Waals surface area contributed by atoms with Crippen LogP contribution in [-0.2, 0) is 18.1 Å². The van der Waals surface area contributed by atoms with Crippen LogP contribution in [0.25, 0.3) is 0 Å². The van der Waals surface area contributed by atoms with E-state index in [1.807, 2.05) is 0 Å². The zero-order valence-corrected chi connectivity index (χ0v) is 10.5. The third-order valence-electron chi connectivity index (χ3n) is 1.41. The second kappa shape index (κ2) is 9.60. The van der Waals surface area contributed by atoms with Crippen molar-refractivity contribution in [2.45, 2.75) is 6.92 Å². The van der Waals surface area contributed by atoms with E-state index in [0.717, 1.165) is 6.08 Å². The van der Waals surface area contributed by atoms with Crippen LogP contribution in [0.4, 0.5) is 0 Å². The van der Waals surface area contributed by atoms with Crippen molar-refractivity contribution in [3.8, 4) is 0 Å². The Balaban J connectivity index is 0. The van der Waals surface area contributed by atoms with Crippen molar-refractivity contribution in [3.63, 3.8) is 0 Å².